The first kappa shape index (κ1) is 26.8. The zero-order valence-corrected chi connectivity index (χ0v) is 22.1. The number of pyridine rings is 1. The molecule has 2 aliphatic rings. The zero-order chi connectivity index (χ0) is 26.5. The number of aromatic nitrogens is 2. The van der Waals surface area contributed by atoms with Crippen molar-refractivity contribution in [2.75, 3.05) is 44.9 Å². The number of carbonyl (C=O) groups excluding carboxylic acids is 3. The smallest absolute Gasteiger partial charge is 0.308 e. The van der Waals surface area contributed by atoms with Gasteiger partial charge in [0.2, 0.25) is 5.91 Å². The van der Waals surface area contributed by atoms with E-state index in [9.17, 15) is 19.2 Å². The minimum atomic E-state index is -0.929. The van der Waals surface area contributed by atoms with Crippen molar-refractivity contribution in [2.24, 2.45) is 0 Å². The number of rotatable bonds is 9. The van der Waals surface area contributed by atoms with Crippen molar-refractivity contribution < 1.29 is 23.9 Å². The Morgan fingerprint density at radius 2 is 2.14 bits per heavy atom. The standard InChI is InChI=1S/C24H27N5O6S2/c1-3-35-19(30)14-16-21(31)25-8-11-27(16)20-15(22(32)28-9-5-4-7-18(28)26-20)13-17-23(33)29(24(36)37-17)10-6-12-34-2/h4-5,7,9,13,16H,3,6,8,10-12,14H2,1-2H3,(H,25,31)/b17-13+/t16-/m1/s1. The van der Waals surface area contributed by atoms with E-state index in [1.54, 1.807) is 43.3 Å². The lowest BCUT2D eigenvalue weighted by Gasteiger charge is -2.36. The number of hydrogen-bond acceptors (Lipinski definition) is 10. The lowest BCUT2D eigenvalue weighted by Crippen LogP contribution is -2.57. The molecule has 0 unspecified atom stereocenters. The topological polar surface area (TPSA) is 123 Å². The van der Waals surface area contributed by atoms with Crippen LogP contribution >= 0.6 is 24.0 Å². The van der Waals surface area contributed by atoms with Gasteiger partial charge in [0.05, 0.1) is 23.5 Å². The summed E-state index contributed by atoms with van der Waals surface area (Å²) in [6.45, 7) is 3.35. The van der Waals surface area contributed by atoms with Gasteiger partial charge in [-0.05, 0) is 31.6 Å². The van der Waals surface area contributed by atoms with Gasteiger partial charge in [-0.1, -0.05) is 30.0 Å². The van der Waals surface area contributed by atoms with Crippen molar-refractivity contribution in [1.82, 2.24) is 19.6 Å². The quantitative estimate of drug-likeness (QED) is 0.213. The second-order valence-electron chi connectivity index (χ2n) is 8.27. The molecule has 37 heavy (non-hydrogen) atoms. The third-order valence-electron chi connectivity index (χ3n) is 5.90. The number of esters is 1. The molecule has 0 saturated carbocycles. The summed E-state index contributed by atoms with van der Waals surface area (Å²) in [5, 5.41) is 2.76. The molecule has 2 aliphatic heterocycles. The lowest BCUT2D eigenvalue weighted by atomic mass is 10.1. The number of nitrogens with one attached hydrogen (secondary N) is 1. The van der Waals surface area contributed by atoms with Crippen molar-refractivity contribution >= 4 is 63.6 Å². The van der Waals surface area contributed by atoms with Crippen molar-refractivity contribution in [3.8, 4) is 0 Å². The number of methoxy groups -OCH3 is 1. The summed E-state index contributed by atoms with van der Waals surface area (Å²) in [5.41, 5.74) is 0.0865. The summed E-state index contributed by atoms with van der Waals surface area (Å²) in [6.07, 6.45) is 3.46. The largest absolute Gasteiger partial charge is 0.466 e. The van der Waals surface area contributed by atoms with E-state index >= 15 is 0 Å². The Morgan fingerprint density at radius 1 is 1.32 bits per heavy atom. The predicted molar refractivity (Wildman–Crippen MR) is 143 cm³/mol. The van der Waals surface area contributed by atoms with Crippen LogP contribution in [-0.2, 0) is 23.9 Å². The summed E-state index contributed by atoms with van der Waals surface area (Å²) < 4.78 is 11.9. The Kier molecular flexibility index (Phi) is 8.56. The van der Waals surface area contributed by atoms with E-state index in [-0.39, 0.29) is 41.1 Å². The van der Waals surface area contributed by atoms with Gasteiger partial charge in [0.15, 0.2) is 0 Å². The molecule has 0 aliphatic carbocycles. The van der Waals surface area contributed by atoms with Gasteiger partial charge >= 0.3 is 5.97 Å². The van der Waals surface area contributed by atoms with Gasteiger partial charge in [0.1, 0.15) is 21.8 Å². The molecule has 0 spiro atoms. The van der Waals surface area contributed by atoms with Crippen LogP contribution in [0.5, 0.6) is 0 Å². The molecule has 0 radical (unpaired) electrons. The van der Waals surface area contributed by atoms with Gasteiger partial charge in [-0.15, -0.1) is 0 Å². The fourth-order valence-electron chi connectivity index (χ4n) is 4.18. The fraction of sp³-hybridized carbons (Fsp3) is 0.417. The number of carbonyl (C=O) groups is 3. The van der Waals surface area contributed by atoms with E-state index in [2.05, 4.69) is 5.32 Å². The number of nitrogens with zero attached hydrogens (tertiary/aromatic N) is 4. The Hall–Kier alpha value is -3.29. The number of piperazine rings is 1. The molecule has 1 atom stereocenters. The molecule has 0 bridgehead atoms. The summed E-state index contributed by atoms with van der Waals surface area (Å²) in [6, 6.07) is 4.19. The van der Waals surface area contributed by atoms with Gasteiger partial charge in [-0.3, -0.25) is 28.5 Å². The SMILES string of the molecule is CCOC(=O)C[C@@H]1C(=O)NCCN1c1nc2ccccn2c(=O)c1/C=C1/SC(=S)N(CCCOC)C1=O. The van der Waals surface area contributed by atoms with Crippen LogP contribution in [0.3, 0.4) is 0 Å². The molecule has 2 aromatic rings. The highest BCUT2D eigenvalue weighted by Gasteiger charge is 2.36. The number of hydrogen-bond donors (Lipinski definition) is 1. The van der Waals surface area contributed by atoms with Crippen LogP contribution in [0, 0.1) is 0 Å². The highest BCUT2D eigenvalue weighted by Crippen LogP contribution is 2.34. The summed E-state index contributed by atoms with van der Waals surface area (Å²) in [7, 11) is 1.59. The van der Waals surface area contributed by atoms with Crippen molar-refractivity contribution in [3.05, 3.63) is 45.2 Å². The van der Waals surface area contributed by atoms with E-state index in [1.807, 2.05) is 0 Å². The molecule has 2 fully saturated rings. The third kappa shape index (κ3) is 5.68. The zero-order valence-electron chi connectivity index (χ0n) is 20.5. The van der Waals surface area contributed by atoms with Crippen molar-refractivity contribution in [2.45, 2.75) is 25.8 Å². The van der Waals surface area contributed by atoms with Gasteiger partial charge < -0.3 is 19.7 Å². The maximum absolute atomic E-state index is 13.6. The van der Waals surface area contributed by atoms with E-state index in [0.717, 1.165) is 11.8 Å². The Balaban J connectivity index is 1.80. The molecule has 4 heterocycles. The van der Waals surface area contributed by atoms with Crippen LogP contribution < -0.4 is 15.8 Å². The molecule has 2 amide bonds. The van der Waals surface area contributed by atoms with E-state index in [0.29, 0.717) is 42.6 Å². The Labute approximate surface area is 222 Å². The number of anilines is 1. The van der Waals surface area contributed by atoms with E-state index in [1.165, 1.54) is 15.4 Å². The van der Waals surface area contributed by atoms with Crippen LogP contribution in [0.2, 0.25) is 0 Å². The molecule has 11 nitrogen and oxygen atoms in total. The van der Waals surface area contributed by atoms with Gasteiger partial charge in [-0.25, -0.2) is 4.98 Å². The van der Waals surface area contributed by atoms with Crippen LogP contribution in [0.15, 0.2) is 34.1 Å². The summed E-state index contributed by atoms with van der Waals surface area (Å²) >= 11 is 6.51. The van der Waals surface area contributed by atoms with Gasteiger partial charge in [0, 0.05) is 39.5 Å². The normalized spacial score (nSPS) is 19.1. The first-order chi connectivity index (χ1) is 17.8. The molecular weight excluding hydrogens is 518 g/mol. The Morgan fingerprint density at radius 3 is 2.89 bits per heavy atom. The average molecular weight is 546 g/mol. The second kappa shape index (κ2) is 11.8. The van der Waals surface area contributed by atoms with E-state index < -0.39 is 17.6 Å². The number of amides is 2. The Bertz CT molecular complexity index is 1330. The number of ether oxygens (including phenoxy) is 2. The molecule has 4 rings (SSSR count). The monoisotopic (exact) mass is 545 g/mol. The summed E-state index contributed by atoms with van der Waals surface area (Å²) in [5.74, 6) is -1.01. The number of thioether (sulfide) groups is 1. The second-order valence-corrected chi connectivity index (χ2v) is 9.95. The molecule has 0 aromatic carbocycles. The lowest BCUT2D eigenvalue weighted by molar-refractivity contribution is -0.145. The first-order valence-electron chi connectivity index (χ1n) is 11.8. The molecule has 13 heteroatoms. The molecule has 2 saturated heterocycles. The van der Waals surface area contributed by atoms with Gasteiger partial charge in [0.25, 0.3) is 11.5 Å². The average Bonchev–Trinajstić information content (AvgIpc) is 3.14. The maximum Gasteiger partial charge on any atom is 0.308 e. The maximum atomic E-state index is 13.6. The van der Waals surface area contributed by atoms with Crippen molar-refractivity contribution in [3.63, 3.8) is 0 Å². The van der Waals surface area contributed by atoms with Crippen LogP contribution in [0.4, 0.5) is 5.82 Å². The number of fused-ring (bicyclic) bond motifs is 1. The molecular formula is C24H27N5O6S2. The van der Waals surface area contributed by atoms with Gasteiger partial charge in [-0.2, -0.15) is 0 Å². The van der Waals surface area contributed by atoms with Crippen LogP contribution in [0.1, 0.15) is 25.3 Å². The minimum Gasteiger partial charge on any atom is -0.466 e. The molecule has 196 valence electrons. The predicted octanol–water partition coefficient (Wildman–Crippen LogP) is 1.19. The highest BCUT2D eigenvalue weighted by atomic mass is 32.2. The van der Waals surface area contributed by atoms with E-state index in [4.69, 9.17) is 26.7 Å². The minimum absolute atomic E-state index is 0.129. The summed E-state index contributed by atoms with van der Waals surface area (Å²) in [4.78, 5) is 60.0. The number of thiocarbonyl (C=S) groups is 1. The molecule has 1 N–H and O–H groups in total. The third-order valence-corrected chi connectivity index (χ3v) is 7.27. The highest BCUT2D eigenvalue weighted by molar-refractivity contribution is 8.26. The molecule has 2 aromatic heterocycles. The fourth-order valence-corrected chi connectivity index (χ4v) is 5.47. The van der Waals surface area contributed by atoms with Crippen LogP contribution in [0.25, 0.3) is 11.7 Å². The first-order valence-corrected chi connectivity index (χ1v) is 13.0. The van der Waals surface area contributed by atoms with Crippen LogP contribution in [-0.4, -0.2) is 82.4 Å². The van der Waals surface area contributed by atoms with Crippen molar-refractivity contribution in [1.29, 1.82) is 0 Å².